The lowest BCUT2D eigenvalue weighted by Crippen LogP contribution is -2.12. The third kappa shape index (κ3) is 2.96. The van der Waals surface area contributed by atoms with Crippen LogP contribution in [0.2, 0.25) is 0 Å². The van der Waals surface area contributed by atoms with Crippen LogP contribution in [0.15, 0.2) is 11.3 Å². The highest BCUT2D eigenvalue weighted by atomic mass is 32.2. The van der Waals surface area contributed by atoms with E-state index in [0.717, 1.165) is 0 Å². The van der Waals surface area contributed by atoms with Gasteiger partial charge in [0.25, 0.3) is 0 Å². The molecule has 1 heterocycles. The monoisotopic (exact) mass is 213 g/mol. The highest BCUT2D eigenvalue weighted by Gasteiger charge is 2.17. The van der Waals surface area contributed by atoms with E-state index in [1.165, 1.54) is 0 Å². The van der Waals surface area contributed by atoms with E-state index < -0.39 is 5.97 Å². The molecule has 0 fully saturated rings. The van der Waals surface area contributed by atoms with Crippen LogP contribution in [-0.2, 0) is 14.3 Å². The summed E-state index contributed by atoms with van der Waals surface area (Å²) in [6.07, 6.45) is 0. The smallest absolute Gasteiger partial charge is 0.344 e. The zero-order valence-electron chi connectivity index (χ0n) is 7.91. The molecule has 0 aromatic heterocycles. The summed E-state index contributed by atoms with van der Waals surface area (Å²) in [6, 6.07) is 2.05. The Labute approximate surface area is 86.9 Å². The van der Waals surface area contributed by atoms with Crippen LogP contribution < -0.4 is 0 Å². The second-order valence-corrected chi connectivity index (χ2v) is 3.59. The number of nitrogens with zero attached hydrogens (tertiary/aromatic N) is 1. The maximum atomic E-state index is 10.9. The van der Waals surface area contributed by atoms with Crippen molar-refractivity contribution in [2.24, 2.45) is 0 Å². The summed E-state index contributed by atoms with van der Waals surface area (Å²) in [5, 5.41) is 8.69. The van der Waals surface area contributed by atoms with Crippen molar-refractivity contribution in [2.75, 3.05) is 24.7 Å². The fraction of sp³-hybridized carbons (Fsp3) is 0.556. The summed E-state index contributed by atoms with van der Waals surface area (Å²) in [5.41, 5.74) is 0.624. The molecule has 0 aromatic rings. The molecule has 0 aromatic carbocycles. The number of nitriles is 1. The van der Waals surface area contributed by atoms with Crippen LogP contribution in [0.5, 0.6) is 0 Å². The van der Waals surface area contributed by atoms with E-state index >= 15 is 0 Å². The third-order valence-corrected chi connectivity index (χ3v) is 2.58. The molecule has 0 saturated heterocycles. The van der Waals surface area contributed by atoms with Crippen molar-refractivity contribution in [2.45, 2.75) is 6.92 Å². The van der Waals surface area contributed by atoms with Crippen molar-refractivity contribution >= 4 is 17.7 Å². The predicted octanol–water partition coefficient (Wildman–Crippen LogP) is 1.09. The Morgan fingerprint density at radius 1 is 1.64 bits per heavy atom. The van der Waals surface area contributed by atoms with Crippen LogP contribution in [-0.4, -0.2) is 30.7 Å². The second-order valence-electron chi connectivity index (χ2n) is 2.60. The van der Waals surface area contributed by atoms with Crippen LogP contribution >= 0.6 is 11.8 Å². The highest BCUT2D eigenvalue weighted by Crippen LogP contribution is 2.24. The van der Waals surface area contributed by atoms with E-state index in [-0.39, 0.29) is 6.61 Å². The van der Waals surface area contributed by atoms with E-state index in [1.807, 2.05) is 0 Å². The van der Waals surface area contributed by atoms with Gasteiger partial charge in [-0.25, -0.2) is 4.79 Å². The minimum absolute atomic E-state index is 0.102. The molecule has 4 nitrogen and oxygen atoms in total. The van der Waals surface area contributed by atoms with E-state index in [9.17, 15) is 4.79 Å². The molecular formula is C9H11NO3S. The lowest BCUT2D eigenvalue weighted by Gasteiger charge is -2.05. The summed E-state index contributed by atoms with van der Waals surface area (Å²) < 4.78 is 9.88. The van der Waals surface area contributed by atoms with Gasteiger partial charge in [-0.2, -0.15) is 5.26 Å². The maximum absolute atomic E-state index is 10.9. The number of hydrogen-bond acceptors (Lipinski definition) is 5. The molecule has 0 saturated carbocycles. The molecule has 1 rings (SSSR count). The molecule has 0 unspecified atom stereocenters. The van der Waals surface area contributed by atoms with Gasteiger partial charge in [0.05, 0.1) is 24.0 Å². The van der Waals surface area contributed by atoms with Gasteiger partial charge in [0, 0.05) is 5.75 Å². The first-order valence-electron chi connectivity index (χ1n) is 4.26. The molecule has 14 heavy (non-hydrogen) atoms. The van der Waals surface area contributed by atoms with E-state index in [1.54, 1.807) is 18.7 Å². The van der Waals surface area contributed by atoms with Gasteiger partial charge in [-0.3, -0.25) is 0 Å². The van der Waals surface area contributed by atoms with Gasteiger partial charge >= 0.3 is 5.97 Å². The average Bonchev–Trinajstić information content (AvgIpc) is 2.62. The minimum Gasteiger partial charge on any atom is -0.484 e. The molecule has 0 atom stereocenters. The first kappa shape index (κ1) is 10.9. The Morgan fingerprint density at radius 2 is 2.43 bits per heavy atom. The van der Waals surface area contributed by atoms with Gasteiger partial charge in [0.2, 0.25) is 0 Å². The summed E-state index contributed by atoms with van der Waals surface area (Å²) in [5.74, 6) is 1.57. The summed E-state index contributed by atoms with van der Waals surface area (Å²) >= 11 is 1.61. The van der Waals surface area contributed by atoms with Gasteiger partial charge < -0.3 is 9.47 Å². The standard InChI is InChI=1S/C9H11NO3S/c1-2-12-9(11)4-13-8-6-14-5-7(8)3-10/h2,4-6H2,1H3. The zero-order valence-corrected chi connectivity index (χ0v) is 8.73. The number of ether oxygens (including phenoxy) is 2. The van der Waals surface area contributed by atoms with Crippen molar-refractivity contribution < 1.29 is 14.3 Å². The molecule has 1 aliphatic rings. The molecule has 0 bridgehead atoms. The van der Waals surface area contributed by atoms with E-state index in [4.69, 9.17) is 14.7 Å². The number of hydrogen-bond donors (Lipinski definition) is 0. The van der Waals surface area contributed by atoms with Crippen molar-refractivity contribution in [1.29, 1.82) is 5.26 Å². The largest absolute Gasteiger partial charge is 0.484 e. The van der Waals surface area contributed by atoms with Crippen LogP contribution in [0, 0.1) is 11.3 Å². The fourth-order valence-corrected chi connectivity index (χ4v) is 1.96. The average molecular weight is 213 g/mol. The van der Waals surface area contributed by atoms with Crippen LogP contribution in [0.3, 0.4) is 0 Å². The third-order valence-electron chi connectivity index (χ3n) is 1.62. The molecule has 0 amide bonds. The molecule has 1 aliphatic heterocycles. The minimum atomic E-state index is -0.394. The Bertz CT molecular complexity index is 293. The molecule has 5 heteroatoms. The Hall–Kier alpha value is -1.15. The quantitative estimate of drug-likeness (QED) is 0.654. The van der Waals surface area contributed by atoms with Gasteiger partial charge in [0.1, 0.15) is 5.76 Å². The highest BCUT2D eigenvalue weighted by molar-refractivity contribution is 7.99. The number of thioether (sulfide) groups is 1. The fourth-order valence-electron chi connectivity index (χ4n) is 0.986. The Kier molecular flexibility index (Phi) is 4.33. The maximum Gasteiger partial charge on any atom is 0.344 e. The Balaban J connectivity index is 2.38. The number of carbonyl (C=O) groups is 1. The van der Waals surface area contributed by atoms with Crippen molar-refractivity contribution in [3.8, 4) is 6.07 Å². The van der Waals surface area contributed by atoms with Gasteiger partial charge in [-0.1, -0.05) is 0 Å². The zero-order chi connectivity index (χ0) is 10.4. The van der Waals surface area contributed by atoms with Crippen LogP contribution in [0.25, 0.3) is 0 Å². The normalized spacial score (nSPS) is 15.1. The topological polar surface area (TPSA) is 59.3 Å². The second kappa shape index (κ2) is 5.55. The number of rotatable bonds is 4. The van der Waals surface area contributed by atoms with Crippen LogP contribution in [0.1, 0.15) is 6.92 Å². The van der Waals surface area contributed by atoms with Gasteiger partial charge in [-0.15, -0.1) is 11.8 Å². The number of carbonyl (C=O) groups excluding carboxylic acids is 1. The predicted molar refractivity (Wildman–Crippen MR) is 52.5 cm³/mol. The lowest BCUT2D eigenvalue weighted by atomic mass is 10.3. The van der Waals surface area contributed by atoms with Gasteiger partial charge in [0.15, 0.2) is 6.61 Å². The lowest BCUT2D eigenvalue weighted by molar-refractivity contribution is -0.146. The SMILES string of the molecule is CCOC(=O)COC1=C(C#N)CSC1. The van der Waals surface area contributed by atoms with Crippen LogP contribution in [0.4, 0.5) is 0 Å². The molecule has 0 N–H and O–H groups in total. The molecule has 76 valence electrons. The van der Waals surface area contributed by atoms with Gasteiger partial charge in [-0.05, 0) is 6.92 Å². The van der Waals surface area contributed by atoms with Crippen molar-refractivity contribution in [3.05, 3.63) is 11.3 Å². The van der Waals surface area contributed by atoms with E-state index in [2.05, 4.69) is 6.07 Å². The first-order valence-corrected chi connectivity index (χ1v) is 5.41. The van der Waals surface area contributed by atoms with Crippen molar-refractivity contribution in [3.63, 3.8) is 0 Å². The molecule has 0 spiro atoms. The molecule has 0 aliphatic carbocycles. The molecular weight excluding hydrogens is 202 g/mol. The summed E-state index contributed by atoms with van der Waals surface area (Å²) in [7, 11) is 0. The van der Waals surface area contributed by atoms with E-state index in [0.29, 0.717) is 29.4 Å². The summed E-state index contributed by atoms with van der Waals surface area (Å²) in [6.45, 7) is 1.99. The van der Waals surface area contributed by atoms with Crippen molar-refractivity contribution in [1.82, 2.24) is 0 Å². The molecule has 0 radical (unpaired) electrons. The number of esters is 1. The summed E-state index contributed by atoms with van der Waals surface area (Å²) in [4.78, 5) is 10.9. The Morgan fingerprint density at radius 3 is 3.07 bits per heavy atom. The first-order chi connectivity index (χ1) is 6.77.